The number of alkyl halides is 2. The van der Waals surface area contributed by atoms with E-state index in [9.17, 15) is 18.0 Å². The molecule has 0 spiro atoms. The molecule has 0 heterocycles. The van der Waals surface area contributed by atoms with Gasteiger partial charge in [0.2, 0.25) is 0 Å². The lowest BCUT2D eigenvalue weighted by Crippen LogP contribution is -2.28. The van der Waals surface area contributed by atoms with E-state index in [1.807, 2.05) is 0 Å². The van der Waals surface area contributed by atoms with Crippen molar-refractivity contribution in [2.24, 2.45) is 0 Å². The number of carbonyl (C=O) groups excluding carboxylic acids is 1. The lowest BCUT2D eigenvalue weighted by Gasteiger charge is -2.16. The van der Waals surface area contributed by atoms with Crippen molar-refractivity contribution in [2.45, 2.75) is 32.8 Å². The molecule has 0 aliphatic rings. The van der Waals surface area contributed by atoms with Crippen molar-refractivity contribution in [3.8, 4) is 5.75 Å². The zero-order valence-corrected chi connectivity index (χ0v) is 10.9. The SMILES string of the molecule is CCOC(=O)C(F)(F)c1ccc(OC(C)C)c(F)c1. The van der Waals surface area contributed by atoms with Crippen molar-refractivity contribution in [3.63, 3.8) is 0 Å². The van der Waals surface area contributed by atoms with Crippen LogP contribution in [0.15, 0.2) is 18.2 Å². The normalized spacial score (nSPS) is 11.5. The average molecular weight is 276 g/mol. The number of benzene rings is 1. The monoisotopic (exact) mass is 276 g/mol. The van der Waals surface area contributed by atoms with Gasteiger partial charge in [-0.25, -0.2) is 9.18 Å². The van der Waals surface area contributed by atoms with Crippen LogP contribution in [0.2, 0.25) is 0 Å². The van der Waals surface area contributed by atoms with Crippen LogP contribution in [0, 0.1) is 5.82 Å². The van der Waals surface area contributed by atoms with Crippen molar-refractivity contribution in [1.82, 2.24) is 0 Å². The fourth-order valence-corrected chi connectivity index (χ4v) is 1.39. The number of halogens is 3. The number of rotatable bonds is 5. The van der Waals surface area contributed by atoms with Crippen LogP contribution in [0.5, 0.6) is 5.75 Å². The number of ether oxygens (including phenoxy) is 2. The molecule has 0 unspecified atom stereocenters. The first-order valence-corrected chi connectivity index (χ1v) is 5.80. The second-order valence-corrected chi connectivity index (χ2v) is 4.11. The van der Waals surface area contributed by atoms with Gasteiger partial charge in [0, 0.05) is 5.56 Å². The molecule has 0 saturated heterocycles. The van der Waals surface area contributed by atoms with E-state index in [0.717, 1.165) is 12.1 Å². The van der Waals surface area contributed by atoms with Crippen LogP contribution in [0.1, 0.15) is 26.3 Å². The first kappa shape index (κ1) is 15.3. The molecule has 0 N–H and O–H groups in total. The Kier molecular flexibility index (Phi) is 4.80. The van der Waals surface area contributed by atoms with Crippen molar-refractivity contribution >= 4 is 5.97 Å². The summed E-state index contributed by atoms with van der Waals surface area (Å²) in [6.07, 6.45) is -0.286. The lowest BCUT2D eigenvalue weighted by molar-refractivity contribution is -0.173. The smallest absolute Gasteiger partial charge is 0.381 e. The zero-order chi connectivity index (χ0) is 14.6. The number of hydrogen-bond donors (Lipinski definition) is 0. The molecule has 0 fully saturated rings. The molecule has 0 aromatic heterocycles. The highest BCUT2D eigenvalue weighted by molar-refractivity contribution is 5.79. The number of hydrogen-bond acceptors (Lipinski definition) is 3. The van der Waals surface area contributed by atoms with Crippen LogP contribution in [0.4, 0.5) is 13.2 Å². The molecule has 0 radical (unpaired) electrons. The predicted octanol–water partition coefficient (Wildman–Crippen LogP) is 3.27. The van der Waals surface area contributed by atoms with Crippen LogP contribution in [-0.2, 0) is 15.5 Å². The second-order valence-electron chi connectivity index (χ2n) is 4.11. The molecule has 19 heavy (non-hydrogen) atoms. The Morgan fingerprint density at radius 3 is 2.47 bits per heavy atom. The van der Waals surface area contributed by atoms with E-state index in [1.165, 1.54) is 6.92 Å². The quantitative estimate of drug-likeness (QED) is 0.774. The minimum atomic E-state index is -3.88. The summed E-state index contributed by atoms with van der Waals surface area (Å²) < 4.78 is 50.2. The number of esters is 1. The molecule has 0 aliphatic heterocycles. The van der Waals surface area contributed by atoms with E-state index < -0.39 is 23.3 Å². The molecule has 0 saturated carbocycles. The topological polar surface area (TPSA) is 35.5 Å². The van der Waals surface area contributed by atoms with Crippen molar-refractivity contribution in [3.05, 3.63) is 29.6 Å². The summed E-state index contributed by atoms with van der Waals surface area (Å²) in [6, 6.07) is 2.59. The molecule has 1 aromatic rings. The van der Waals surface area contributed by atoms with E-state index in [2.05, 4.69) is 4.74 Å². The summed E-state index contributed by atoms with van der Waals surface area (Å²) in [5.41, 5.74) is -0.764. The average Bonchev–Trinajstić information content (AvgIpc) is 2.31. The molecule has 6 heteroatoms. The molecule has 0 bridgehead atoms. The van der Waals surface area contributed by atoms with Gasteiger partial charge in [-0.05, 0) is 39.0 Å². The zero-order valence-electron chi connectivity index (χ0n) is 10.9. The van der Waals surface area contributed by atoms with Gasteiger partial charge >= 0.3 is 11.9 Å². The van der Waals surface area contributed by atoms with Gasteiger partial charge in [0.05, 0.1) is 12.7 Å². The van der Waals surface area contributed by atoms with E-state index in [0.29, 0.717) is 6.07 Å². The summed E-state index contributed by atoms with van der Waals surface area (Å²) in [4.78, 5) is 11.1. The first-order chi connectivity index (χ1) is 8.78. The first-order valence-electron chi connectivity index (χ1n) is 5.80. The van der Waals surface area contributed by atoms with Gasteiger partial charge in [0.25, 0.3) is 0 Å². The molecule has 0 amide bonds. The van der Waals surface area contributed by atoms with Crippen LogP contribution in [0.3, 0.4) is 0 Å². The summed E-state index contributed by atoms with van der Waals surface area (Å²) in [5.74, 6) is -6.67. The summed E-state index contributed by atoms with van der Waals surface area (Å²) >= 11 is 0. The third-order valence-corrected chi connectivity index (χ3v) is 2.19. The Morgan fingerprint density at radius 1 is 1.37 bits per heavy atom. The van der Waals surface area contributed by atoms with Gasteiger partial charge in [-0.1, -0.05) is 0 Å². The maximum atomic E-state index is 13.6. The summed E-state index contributed by atoms with van der Waals surface area (Å²) in [5, 5.41) is 0. The molecule has 1 aromatic carbocycles. The fourth-order valence-electron chi connectivity index (χ4n) is 1.39. The Hall–Kier alpha value is -1.72. The Balaban J connectivity index is 3.02. The third kappa shape index (κ3) is 3.62. The van der Waals surface area contributed by atoms with Crippen LogP contribution < -0.4 is 4.74 Å². The Morgan fingerprint density at radius 2 is 2.00 bits per heavy atom. The largest absolute Gasteiger partial charge is 0.488 e. The van der Waals surface area contributed by atoms with Crippen molar-refractivity contribution < 1.29 is 27.4 Å². The van der Waals surface area contributed by atoms with Gasteiger partial charge < -0.3 is 9.47 Å². The van der Waals surface area contributed by atoms with E-state index >= 15 is 0 Å². The van der Waals surface area contributed by atoms with Gasteiger partial charge in [-0.15, -0.1) is 0 Å². The minimum absolute atomic E-state index is 0.140. The molecule has 106 valence electrons. The maximum absolute atomic E-state index is 13.6. The molecule has 0 aliphatic carbocycles. The van der Waals surface area contributed by atoms with Crippen molar-refractivity contribution in [2.75, 3.05) is 6.61 Å². The molecular formula is C13H15F3O3. The van der Waals surface area contributed by atoms with E-state index in [4.69, 9.17) is 4.74 Å². The van der Waals surface area contributed by atoms with Crippen LogP contribution >= 0.6 is 0 Å². The number of carbonyl (C=O) groups is 1. The minimum Gasteiger partial charge on any atom is -0.488 e. The molecular weight excluding hydrogens is 261 g/mol. The highest BCUT2D eigenvalue weighted by atomic mass is 19.3. The van der Waals surface area contributed by atoms with Gasteiger partial charge in [-0.3, -0.25) is 0 Å². The summed E-state index contributed by atoms with van der Waals surface area (Å²) in [6.45, 7) is 4.60. The standard InChI is InChI=1S/C13H15F3O3/c1-4-18-12(17)13(15,16)9-5-6-11(10(14)7-9)19-8(2)3/h5-8H,4H2,1-3H3. The van der Waals surface area contributed by atoms with Gasteiger partial charge in [0.1, 0.15) is 0 Å². The fraction of sp³-hybridized carbons (Fsp3) is 0.462. The third-order valence-electron chi connectivity index (χ3n) is 2.19. The van der Waals surface area contributed by atoms with E-state index in [-0.39, 0.29) is 18.5 Å². The highest BCUT2D eigenvalue weighted by Gasteiger charge is 2.43. The maximum Gasteiger partial charge on any atom is 0.381 e. The van der Waals surface area contributed by atoms with Gasteiger partial charge in [0.15, 0.2) is 11.6 Å². The predicted molar refractivity (Wildman–Crippen MR) is 62.7 cm³/mol. The van der Waals surface area contributed by atoms with Crippen LogP contribution in [0.25, 0.3) is 0 Å². The molecule has 1 rings (SSSR count). The van der Waals surface area contributed by atoms with Crippen molar-refractivity contribution in [1.29, 1.82) is 0 Å². The highest BCUT2D eigenvalue weighted by Crippen LogP contribution is 2.32. The molecule has 3 nitrogen and oxygen atoms in total. The Labute approximate surface area is 109 Å². The van der Waals surface area contributed by atoms with Crippen LogP contribution in [-0.4, -0.2) is 18.7 Å². The second kappa shape index (κ2) is 5.95. The van der Waals surface area contributed by atoms with E-state index in [1.54, 1.807) is 13.8 Å². The molecule has 0 atom stereocenters. The lowest BCUT2D eigenvalue weighted by atomic mass is 10.1. The summed E-state index contributed by atoms with van der Waals surface area (Å²) in [7, 11) is 0. The Bertz CT molecular complexity index is 458. The van der Waals surface area contributed by atoms with Gasteiger partial charge in [-0.2, -0.15) is 8.78 Å².